The molecule has 3 rings (SSSR count). The highest BCUT2D eigenvalue weighted by molar-refractivity contribution is 7.89. The lowest BCUT2D eigenvalue weighted by molar-refractivity contribution is 0.0939. The number of hydrogen-bond donors (Lipinski definition) is 2. The van der Waals surface area contributed by atoms with Gasteiger partial charge in [-0.3, -0.25) is 4.79 Å². The molecular formula is C21H24N4O3S. The van der Waals surface area contributed by atoms with Gasteiger partial charge in [-0.1, -0.05) is 25.1 Å². The Morgan fingerprint density at radius 1 is 1.17 bits per heavy atom. The summed E-state index contributed by atoms with van der Waals surface area (Å²) in [6.45, 7) is 4.12. The molecule has 2 aromatic carbocycles. The average Bonchev–Trinajstić information content (AvgIpc) is 3.27. The summed E-state index contributed by atoms with van der Waals surface area (Å²) in [5.74, 6) is -0.330. The topological polar surface area (TPSA) is 93.1 Å². The number of amides is 1. The summed E-state index contributed by atoms with van der Waals surface area (Å²) in [6, 6.07) is 13.6. The molecule has 8 heteroatoms. The van der Waals surface area contributed by atoms with E-state index >= 15 is 0 Å². The Kier molecular flexibility index (Phi) is 6.46. The Morgan fingerprint density at radius 3 is 2.59 bits per heavy atom. The van der Waals surface area contributed by atoms with Crippen molar-refractivity contribution in [3.63, 3.8) is 0 Å². The number of carbonyl (C=O) groups is 1. The van der Waals surface area contributed by atoms with Crippen molar-refractivity contribution in [3.05, 3.63) is 78.4 Å². The van der Waals surface area contributed by atoms with Crippen molar-refractivity contribution in [1.82, 2.24) is 19.6 Å². The standard InChI is InChI=1S/C21H24N4O3S/c1-3-11-23-29(27,28)20-6-4-5-18(14-20)21(26)24-16(2)17-7-9-19(10-8-17)25-13-12-22-15-25/h4-10,12-16,23H,3,11H2,1-2H3,(H,24,26). The molecule has 0 aliphatic carbocycles. The molecule has 2 N–H and O–H groups in total. The molecular weight excluding hydrogens is 388 g/mol. The molecule has 1 unspecified atom stereocenters. The number of imidazole rings is 1. The lowest BCUT2D eigenvalue weighted by Gasteiger charge is -2.15. The number of carbonyl (C=O) groups excluding carboxylic acids is 1. The van der Waals surface area contributed by atoms with Crippen molar-refractivity contribution in [2.45, 2.75) is 31.2 Å². The minimum absolute atomic E-state index is 0.0796. The SMILES string of the molecule is CCCNS(=O)(=O)c1cccc(C(=O)NC(C)c2ccc(-n3ccnc3)cc2)c1. The Bertz CT molecular complexity index is 1060. The molecule has 1 heterocycles. The van der Waals surface area contributed by atoms with Crippen molar-refractivity contribution in [2.24, 2.45) is 0 Å². The van der Waals surface area contributed by atoms with E-state index in [0.29, 0.717) is 18.5 Å². The zero-order valence-electron chi connectivity index (χ0n) is 16.4. The molecule has 3 aromatic rings. The van der Waals surface area contributed by atoms with E-state index in [4.69, 9.17) is 0 Å². The van der Waals surface area contributed by atoms with Gasteiger partial charge in [0.2, 0.25) is 10.0 Å². The normalized spacial score (nSPS) is 12.5. The first-order chi connectivity index (χ1) is 13.9. The molecule has 0 bridgehead atoms. The first-order valence-corrected chi connectivity index (χ1v) is 10.9. The molecule has 0 spiro atoms. The minimum atomic E-state index is -3.62. The molecule has 0 aliphatic rings. The van der Waals surface area contributed by atoms with Gasteiger partial charge in [-0.15, -0.1) is 0 Å². The number of benzene rings is 2. The molecule has 0 saturated heterocycles. The van der Waals surface area contributed by atoms with Gasteiger partial charge in [-0.05, 0) is 49.2 Å². The van der Waals surface area contributed by atoms with E-state index in [9.17, 15) is 13.2 Å². The van der Waals surface area contributed by atoms with Crippen LogP contribution in [0, 0.1) is 0 Å². The molecule has 0 saturated carbocycles. The second-order valence-electron chi connectivity index (χ2n) is 6.68. The maximum atomic E-state index is 12.6. The number of nitrogens with zero attached hydrogens (tertiary/aromatic N) is 2. The van der Waals surface area contributed by atoms with Crippen LogP contribution in [0.15, 0.2) is 72.1 Å². The van der Waals surface area contributed by atoms with Gasteiger partial charge in [-0.2, -0.15) is 0 Å². The Balaban J connectivity index is 1.70. The van der Waals surface area contributed by atoms with E-state index in [1.165, 1.54) is 12.1 Å². The van der Waals surface area contributed by atoms with Crippen LogP contribution >= 0.6 is 0 Å². The summed E-state index contributed by atoms with van der Waals surface area (Å²) >= 11 is 0. The summed E-state index contributed by atoms with van der Waals surface area (Å²) in [5.41, 5.74) is 2.21. The van der Waals surface area contributed by atoms with E-state index in [-0.39, 0.29) is 16.8 Å². The molecule has 0 radical (unpaired) electrons. The fourth-order valence-electron chi connectivity index (χ4n) is 2.83. The van der Waals surface area contributed by atoms with Crippen molar-refractivity contribution in [3.8, 4) is 5.69 Å². The highest BCUT2D eigenvalue weighted by Crippen LogP contribution is 2.17. The van der Waals surface area contributed by atoms with Gasteiger partial charge >= 0.3 is 0 Å². The van der Waals surface area contributed by atoms with Crippen molar-refractivity contribution < 1.29 is 13.2 Å². The van der Waals surface area contributed by atoms with Crippen molar-refractivity contribution in [2.75, 3.05) is 6.54 Å². The van der Waals surface area contributed by atoms with Crippen LogP contribution < -0.4 is 10.0 Å². The Hall–Kier alpha value is -2.97. The van der Waals surface area contributed by atoms with E-state index in [1.807, 2.05) is 48.9 Å². The van der Waals surface area contributed by atoms with Gasteiger partial charge in [-0.25, -0.2) is 18.1 Å². The van der Waals surface area contributed by atoms with E-state index in [1.54, 1.807) is 24.7 Å². The van der Waals surface area contributed by atoms with Crippen LogP contribution in [0.5, 0.6) is 0 Å². The predicted octanol–water partition coefficient (Wildman–Crippen LogP) is 3.05. The van der Waals surface area contributed by atoms with Crippen LogP contribution in [0.2, 0.25) is 0 Å². The molecule has 0 aliphatic heterocycles. The number of rotatable bonds is 8. The zero-order chi connectivity index (χ0) is 20.9. The van der Waals surface area contributed by atoms with E-state index < -0.39 is 10.0 Å². The van der Waals surface area contributed by atoms with Crippen molar-refractivity contribution >= 4 is 15.9 Å². The largest absolute Gasteiger partial charge is 0.346 e. The monoisotopic (exact) mass is 412 g/mol. The molecule has 152 valence electrons. The number of sulfonamides is 1. The third-order valence-corrected chi connectivity index (χ3v) is 5.95. The number of aromatic nitrogens is 2. The molecule has 1 aromatic heterocycles. The summed E-state index contributed by atoms with van der Waals surface area (Å²) in [5, 5.41) is 2.92. The predicted molar refractivity (Wildman–Crippen MR) is 111 cm³/mol. The van der Waals surface area contributed by atoms with E-state index in [0.717, 1.165) is 11.3 Å². The lowest BCUT2D eigenvalue weighted by atomic mass is 10.1. The molecule has 0 fully saturated rings. The smallest absolute Gasteiger partial charge is 0.251 e. The van der Waals surface area contributed by atoms with Gasteiger partial charge in [0, 0.05) is 30.2 Å². The first kappa shape index (κ1) is 20.8. The fraction of sp³-hybridized carbons (Fsp3) is 0.238. The summed E-state index contributed by atoms with van der Waals surface area (Å²) in [4.78, 5) is 16.7. The zero-order valence-corrected chi connectivity index (χ0v) is 17.2. The van der Waals surface area contributed by atoms with Gasteiger partial charge in [0.25, 0.3) is 5.91 Å². The second-order valence-corrected chi connectivity index (χ2v) is 8.45. The molecule has 7 nitrogen and oxygen atoms in total. The summed E-state index contributed by atoms with van der Waals surface area (Å²) in [7, 11) is -3.62. The first-order valence-electron chi connectivity index (χ1n) is 9.39. The third kappa shape index (κ3) is 5.10. The maximum absolute atomic E-state index is 12.6. The highest BCUT2D eigenvalue weighted by atomic mass is 32.2. The minimum Gasteiger partial charge on any atom is -0.346 e. The van der Waals surface area contributed by atoms with Gasteiger partial charge in [0.1, 0.15) is 0 Å². The van der Waals surface area contributed by atoms with Crippen LogP contribution in [0.3, 0.4) is 0 Å². The van der Waals surface area contributed by atoms with E-state index in [2.05, 4.69) is 15.0 Å². The van der Waals surface area contributed by atoms with Gasteiger partial charge in [0.05, 0.1) is 17.3 Å². The third-order valence-electron chi connectivity index (χ3n) is 4.49. The number of nitrogens with one attached hydrogen (secondary N) is 2. The van der Waals surface area contributed by atoms with Gasteiger partial charge in [0.15, 0.2) is 0 Å². The van der Waals surface area contributed by atoms with Crippen LogP contribution in [-0.4, -0.2) is 30.4 Å². The maximum Gasteiger partial charge on any atom is 0.251 e. The van der Waals surface area contributed by atoms with Crippen LogP contribution in [0.25, 0.3) is 5.69 Å². The molecule has 1 atom stereocenters. The average molecular weight is 413 g/mol. The second kappa shape index (κ2) is 9.02. The Labute approximate surface area is 170 Å². The Morgan fingerprint density at radius 2 is 1.93 bits per heavy atom. The quantitative estimate of drug-likeness (QED) is 0.595. The van der Waals surface area contributed by atoms with Crippen LogP contribution in [-0.2, 0) is 10.0 Å². The lowest BCUT2D eigenvalue weighted by Crippen LogP contribution is -2.28. The summed E-state index contributed by atoms with van der Waals surface area (Å²) in [6.07, 6.45) is 5.98. The molecule has 29 heavy (non-hydrogen) atoms. The van der Waals surface area contributed by atoms with Crippen LogP contribution in [0.4, 0.5) is 0 Å². The summed E-state index contributed by atoms with van der Waals surface area (Å²) < 4.78 is 29.0. The van der Waals surface area contributed by atoms with Gasteiger partial charge < -0.3 is 9.88 Å². The fourth-order valence-corrected chi connectivity index (χ4v) is 4.01. The number of hydrogen-bond acceptors (Lipinski definition) is 4. The highest BCUT2D eigenvalue weighted by Gasteiger charge is 2.17. The van der Waals surface area contributed by atoms with Crippen molar-refractivity contribution in [1.29, 1.82) is 0 Å². The van der Waals surface area contributed by atoms with Crippen LogP contribution in [0.1, 0.15) is 42.2 Å². The molecule has 1 amide bonds.